The van der Waals surface area contributed by atoms with Crippen molar-refractivity contribution in [2.75, 3.05) is 11.1 Å². The van der Waals surface area contributed by atoms with Gasteiger partial charge in [-0.3, -0.25) is 0 Å². The topological polar surface area (TPSA) is 68.8 Å². The summed E-state index contributed by atoms with van der Waals surface area (Å²) < 4.78 is 15.0. The van der Waals surface area contributed by atoms with E-state index in [2.05, 4.69) is 15.4 Å². The Morgan fingerprint density at radius 1 is 1.17 bits per heavy atom. The molecule has 0 spiro atoms. The molecule has 0 aliphatic carbocycles. The Morgan fingerprint density at radius 2 is 1.92 bits per heavy atom. The summed E-state index contributed by atoms with van der Waals surface area (Å²) in [5.41, 5.74) is 7.71. The molecule has 0 saturated heterocycles. The molecule has 0 unspecified atom stereocenters. The number of hydrogen-bond donors (Lipinski definition) is 2. The molecule has 24 heavy (non-hydrogen) atoms. The van der Waals surface area contributed by atoms with Gasteiger partial charge in [0.2, 0.25) is 11.9 Å². The van der Waals surface area contributed by atoms with Crippen LogP contribution in [-0.2, 0) is 0 Å². The highest BCUT2D eigenvalue weighted by atomic mass is 35.5. The monoisotopic (exact) mass is 343 g/mol. The molecule has 2 aromatic carbocycles. The molecule has 2 heterocycles. The largest absolute Gasteiger partial charge is 0.366 e. The zero-order valence-electron chi connectivity index (χ0n) is 12.7. The zero-order chi connectivity index (χ0) is 16.7. The standard InChI is InChI=1S/C17H15ClFN5/c18-13-4-2-1-3-12(13)15-9-14(10-5-7-11(19)8-6-10)21-17-22-16(20)23-24(15)17/h1-8,14-15H,9H2,(H3,20,21,22,23)/t14-,15-/m1/s1. The van der Waals surface area contributed by atoms with E-state index in [1.54, 1.807) is 16.8 Å². The van der Waals surface area contributed by atoms with Crippen LogP contribution in [0.5, 0.6) is 0 Å². The summed E-state index contributed by atoms with van der Waals surface area (Å²) in [5, 5.41) is 8.28. The maximum Gasteiger partial charge on any atom is 0.241 e. The van der Waals surface area contributed by atoms with E-state index >= 15 is 0 Å². The highest BCUT2D eigenvalue weighted by molar-refractivity contribution is 6.31. The fraction of sp³-hybridized carbons (Fsp3) is 0.176. The van der Waals surface area contributed by atoms with Crippen LogP contribution in [0.4, 0.5) is 16.3 Å². The lowest BCUT2D eigenvalue weighted by Crippen LogP contribution is -2.28. The lowest BCUT2D eigenvalue weighted by atomic mass is 9.93. The van der Waals surface area contributed by atoms with E-state index in [1.165, 1.54) is 12.1 Å². The number of nitrogens with one attached hydrogen (secondary N) is 1. The third-order valence-electron chi connectivity index (χ3n) is 4.24. The van der Waals surface area contributed by atoms with Crippen LogP contribution >= 0.6 is 11.6 Å². The van der Waals surface area contributed by atoms with Gasteiger partial charge in [-0.15, -0.1) is 5.10 Å². The summed E-state index contributed by atoms with van der Waals surface area (Å²) in [5.74, 6) is 0.525. The van der Waals surface area contributed by atoms with Gasteiger partial charge in [-0.1, -0.05) is 41.9 Å². The van der Waals surface area contributed by atoms with Gasteiger partial charge in [-0.2, -0.15) is 4.98 Å². The van der Waals surface area contributed by atoms with E-state index in [4.69, 9.17) is 17.3 Å². The highest BCUT2D eigenvalue weighted by Gasteiger charge is 2.31. The number of anilines is 2. The van der Waals surface area contributed by atoms with Crippen LogP contribution in [0.1, 0.15) is 29.6 Å². The molecule has 0 radical (unpaired) electrons. The molecule has 3 N–H and O–H groups in total. The number of nitrogen functional groups attached to an aromatic ring is 1. The smallest absolute Gasteiger partial charge is 0.241 e. The molecule has 4 rings (SSSR count). The molecule has 0 bridgehead atoms. The molecule has 0 amide bonds. The van der Waals surface area contributed by atoms with Crippen molar-refractivity contribution in [2.45, 2.75) is 18.5 Å². The summed E-state index contributed by atoms with van der Waals surface area (Å²) in [6.45, 7) is 0. The predicted octanol–water partition coefficient (Wildman–Crippen LogP) is 3.80. The Kier molecular flexibility index (Phi) is 3.61. The van der Waals surface area contributed by atoms with E-state index in [-0.39, 0.29) is 23.8 Å². The number of nitrogens with two attached hydrogens (primary N) is 1. The highest BCUT2D eigenvalue weighted by Crippen LogP contribution is 2.39. The van der Waals surface area contributed by atoms with E-state index in [0.29, 0.717) is 17.4 Å². The first-order valence-electron chi connectivity index (χ1n) is 7.60. The van der Waals surface area contributed by atoms with Gasteiger partial charge in [0.15, 0.2) is 0 Å². The van der Waals surface area contributed by atoms with Crippen LogP contribution in [0.2, 0.25) is 5.02 Å². The SMILES string of the molecule is Nc1nc2n(n1)[C@@H](c1ccccc1Cl)C[C@H](c1ccc(F)cc1)N2. The van der Waals surface area contributed by atoms with Gasteiger partial charge >= 0.3 is 0 Å². The molecule has 0 fully saturated rings. The second-order valence-electron chi connectivity index (χ2n) is 5.76. The van der Waals surface area contributed by atoms with Crippen LogP contribution in [0.3, 0.4) is 0 Å². The molecule has 3 aromatic rings. The third kappa shape index (κ3) is 2.59. The Bertz CT molecular complexity index is 877. The quantitative estimate of drug-likeness (QED) is 0.742. The molecule has 2 atom stereocenters. The molecule has 7 heteroatoms. The Morgan fingerprint density at radius 3 is 2.67 bits per heavy atom. The number of halogens is 2. The van der Waals surface area contributed by atoms with Crippen LogP contribution in [0.25, 0.3) is 0 Å². The maximum atomic E-state index is 13.2. The summed E-state index contributed by atoms with van der Waals surface area (Å²) in [4.78, 5) is 4.25. The first-order valence-corrected chi connectivity index (χ1v) is 7.98. The fourth-order valence-corrected chi connectivity index (χ4v) is 3.37. The van der Waals surface area contributed by atoms with Gasteiger partial charge < -0.3 is 11.1 Å². The minimum absolute atomic E-state index is 0.0389. The summed E-state index contributed by atoms with van der Waals surface area (Å²) >= 11 is 6.38. The summed E-state index contributed by atoms with van der Waals surface area (Å²) in [7, 11) is 0. The Balaban J connectivity index is 1.78. The molecular weight excluding hydrogens is 329 g/mol. The first kappa shape index (κ1) is 15.0. The van der Waals surface area contributed by atoms with Crippen LogP contribution in [0.15, 0.2) is 48.5 Å². The van der Waals surface area contributed by atoms with E-state index < -0.39 is 0 Å². The van der Waals surface area contributed by atoms with Gasteiger partial charge in [-0.05, 0) is 35.7 Å². The Labute approximate surface area is 143 Å². The minimum atomic E-state index is -0.260. The van der Waals surface area contributed by atoms with E-state index in [0.717, 1.165) is 11.1 Å². The normalized spacial score (nSPS) is 19.6. The van der Waals surface area contributed by atoms with Crippen molar-refractivity contribution in [3.8, 4) is 0 Å². The second-order valence-corrected chi connectivity index (χ2v) is 6.17. The van der Waals surface area contributed by atoms with Crippen molar-refractivity contribution in [3.05, 3.63) is 70.5 Å². The number of fused-ring (bicyclic) bond motifs is 1. The molecule has 1 aliphatic rings. The molecule has 1 aromatic heterocycles. The van der Waals surface area contributed by atoms with Gasteiger partial charge in [0.25, 0.3) is 0 Å². The minimum Gasteiger partial charge on any atom is -0.366 e. The maximum absolute atomic E-state index is 13.2. The molecule has 122 valence electrons. The number of rotatable bonds is 2. The van der Waals surface area contributed by atoms with Crippen molar-refractivity contribution in [1.29, 1.82) is 0 Å². The lowest BCUT2D eigenvalue weighted by Gasteiger charge is -2.32. The third-order valence-corrected chi connectivity index (χ3v) is 4.59. The number of nitrogens with zero attached hydrogens (tertiary/aromatic N) is 3. The van der Waals surface area contributed by atoms with E-state index in [1.807, 2.05) is 24.3 Å². The fourth-order valence-electron chi connectivity index (χ4n) is 3.11. The van der Waals surface area contributed by atoms with E-state index in [9.17, 15) is 4.39 Å². The van der Waals surface area contributed by atoms with Gasteiger partial charge in [0, 0.05) is 5.02 Å². The summed E-state index contributed by atoms with van der Waals surface area (Å²) in [6, 6.07) is 14.0. The van der Waals surface area contributed by atoms with Crippen molar-refractivity contribution in [1.82, 2.24) is 14.8 Å². The van der Waals surface area contributed by atoms with Crippen molar-refractivity contribution < 1.29 is 4.39 Å². The van der Waals surface area contributed by atoms with Crippen LogP contribution in [-0.4, -0.2) is 14.8 Å². The summed E-state index contributed by atoms with van der Waals surface area (Å²) in [6.07, 6.45) is 0.700. The number of benzene rings is 2. The van der Waals surface area contributed by atoms with Gasteiger partial charge in [0.05, 0.1) is 12.1 Å². The van der Waals surface area contributed by atoms with Gasteiger partial charge in [-0.25, -0.2) is 9.07 Å². The number of aromatic nitrogens is 3. The van der Waals surface area contributed by atoms with Crippen molar-refractivity contribution in [3.63, 3.8) is 0 Å². The van der Waals surface area contributed by atoms with Gasteiger partial charge in [0.1, 0.15) is 5.82 Å². The zero-order valence-corrected chi connectivity index (χ0v) is 13.4. The molecular formula is C17H15ClFN5. The average Bonchev–Trinajstić information content (AvgIpc) is 2.95. The molecule has 1 aliphatic heterocycles. The molecule has 5 nitrogen and oxygen atoms in total. The predicted molar refractivity (Wildman–Crippen MR) is 91.4 cm³/mol. The Hall–Kier alpha value is -2.60. The first-order chi connectivity index (χ1) is 11.6. The van der Waals surface area contributed by atoms with Crippen LogP contribution < -0.4 is 11.1 Å². The second kappa shape index (κ2) is 5.79. The van der Waals surface area contributed by atoms with Crippen molar-refractivity contribution in [2.24, 2.45) is 0 Å². The van der Waals surface area contributed by atoms with Crippen LogP contribution in [0, 0.1) is 5.82 Å². The lowest BCUT2D eigenvalue weighted by molar-refractivity contribution is 0.431. The van der Waals surface area contributed by atoms with Crippen molar-refractivity contribution >= 4 is 23.5 Å². The number of hydrogen-bond acceptors (Lipinski definition) is 4. The molecule has 0 saturated carbocycles. The average molecular weight is 344 g/mol.